The van der Waals surface area contributed by atoms with Crippen molar-refractivity contribution in [1.82, 2.24) is 0 Å². The summed E-state index contributed by atoms with van der Waals surface area (Å²) in [4.78, 5) is 20.5. The van der Waals surface area contributed by atoms with Crippen molar-refractivity contribution in [2.45, 2.75) is 0 Å². The number of nitroso groups, excluding NO2 is 1. The zero-order valence-electron chi connectivity index (χ0n) is 5.45. The van der Waals surface area contributed by atoms with Crippen molar-refractivity contribution in [3.8, 4) is 0 Å². The third kappa shape index (κ3) is 1.51. The summed E-state index contributed by atoms with van der Waals surface area (Å²) >= 11 is 3.10. The minimum Gasteiger partial charge on any atom is -0.298 e. The second-order valence-electron chi connectivity index (χ2n) is 1.89. The third-order valence-corrected chi connectivity index (χ3v) is 1.88. The topological polar surface area (TPSA) is 46.5 Å². The molecule has 11 heavy (non-hydrogen) atoms. The molecular formula is C7H4BrNO2. The zero-order chi connectivity index (χ0) is 8.27. The summed E-state index contributed by atoms with van der Waals surface area (Å²) in [5, 5.41) is 2.71. The second-order valence-corrected chi connectivity index (χ2v) is 2.74. The minimum atomic E-state index is 0.155. The molecule has 0 bridgehead atoms. The van der Waals surface area contributed by atoms with E-state index in [-0.39, 0.29) is 5.69 Å². The molecule has 0 unspecified atom stereocenters. The Balaban J connectivity index is 3.35. The maximum atomic E-state index is 10.3. The maximum absolute atomic E-state index is 10.3. The minimum absolute atomic E-state index is 0.155. The fourth-order valence-electron chi connectivity index (χ4n) is 0.723. The summed E-state index contributed by atoms with van der Waals surface area (Å²) in [5.41, 5.74) is 0.455. The van der Waals surface area contributed by atoms with Crippen LogP contribution in [0.2, 0.25) is 0 Å². The second kappa shape index (κ2) is 3.39. The van der Waals surface area contributed by atoms with Crippen molar-refractivity contribution in [2.75, 3.05) is 0 Å². The lowest BCUT2D eigenvalue weighted by molar-refractivity contribution is 0.112. The van der Waals surface area contributed by atoms with Gasteiger partial charge in [0, 0.05) is 10.0 Å². The normalized spacial score (nSPS) is 9.18. The Morgan fingerprint density at radius 3 is 2.64 bits per heavy atom. The van der Waals surface area contributed by atoms with Crippen LogP contribution in [-0.2, 0) is 0 Å². The van der Waals surface area contributed by atoms with Crippen LogP contribution in [0, 0.1) is 4.91 Å². The van der Waals surface area contributed by atoms with Gasteiger partial charge < -0.3 is 0 Å². The Morgan fingerprint density at radius 1 is 1.45 bits per heavy atom. The predicted molar refractivity (Wildman–Crippen MR) is 45.0 cm³/mol. The SMILES string of the molecule is O=Cc1cccc(Br)c1N=O. The van der Waals surface area contributed by atoms with Crippen molar-refractivity contribution < 1.29 is 4.79 Å². The number of nitrogens with zero attached hydrogens (tertiary/aromatic N) is 1. The zero-order valence-corrected chi connectivity index (χ0v) is 7.04. The summed E-state index contributed by atoms with van der Waals surface area (Å²) in [5.74, 6) is 0. The highest BCUT2D eigenvalue weighted by atomic mass is 79.9. The number of benzene rings is 1. The molecule has 0 fully saturated rings. The van der Waals surface area contributed by atoms with Gasteiger partial charge in [0.15, 0.2) is 6.29 Å². The van der Waals surface area contributed by atoms with Crippen molar-refractivity contribution in [3.63, 3.8) is 0 Å². The monoisotopic (exact) mass is 213 g/mol. The predicted octanol–water partition coefficient (Wildman–Crippen LogP) is 2.66. The fourth-order valence-corrected chi connectivity index (χ4v) is 1.18. The first-order valence-corrected chi connectivity index (χ1v) is 3.66. The molecule has 0 heterocycles. The van der Waals surface area contributed by atoms with Crippen LogP contribution in [0.15, 0.2) is 27.8 Å². The first-order chi connectivity index (χ1) is 5.29. The van der Waals surface area contributed by atoms with Gasteiger partial charge >= 0.3 is 0 Å². The highest BCUT2D eigenvalue weighted by Gasteiger charge is 2.04. The number of hydrogen-bond donors (Lipinski definition) is 0. The summed E-state index contributed by atoms with van der Waals surface area (Å²) in [6, 6.07) is 4.86. The van der Waals surface area contributed by atoms with Crippen LogP contribution in [0.3, 0.4) is 0 Å². The molecule has 1 aromatic carbocycles. The lowest BCUT2D eigenvalue weighted by Gasteiger charge is -1.95. The van der Waals surface area contributed by atoms with Gasteiger partial charge in [0.05, 0.1) is 0 Å². The molecule has 4 heteroatoms. The average molecular weight is 214 g/mol. The standard InChI is InChI=1S/C7H4BrNO2/c8-6-3-1-2-5(4-10)7(6)9-11/h1-4H. The van der Waals surface area contributed by atoms with E-state index in [0.29, 0.717) is 16.3 Å². The van der Waals surface area contributed by atoms with Gasteiger partial charge in [-0.3, -0.25) is 4.79 Å². The number of rotatable bonds is 2. The number of carbonyl (C=O) groups is 1. The van der Waals surface area contributed by atoms with E-state index in [2.05, 4.69) is 21.1 Å². The van der Waals surface area contributed by atoms with Crippen molar-refractivity contribution >= 4 is 27.9 Å². The molecule has 1 rings (SSSR count). The van der Waals surface area contributed by atoms with E-state index in [1.807, 2.05) is 0 Å². The summed E-state index contributed by atoms with van der Waals surface area (Å²) in [6.07, 6.45) is 0.599. The summed E-state index contributed by atoms with van der Waals surface area (Å²) in [7, 11) is 0. The molecule has 0 radical (unpaired) electrons. The number of carbonyl (C=O) groups excluding carboxylic acids is 1. The summed E-state index contributed by atoms with van der Waals surface area (Å²) in [6.45, 7) is 0. The Kier molecular flexibility index (Phi) is 2.48. The van der Waals surface area contributed by atoms with Gasteiger partial charge in [-0.2, -0.15) is 0 Å². The summed E-state index contributed by atoms with van der Waals surface area (Å²) < 4.78 is 0.539. The van der Waals surface area contributed by atoms with Crippen molar-refractivity contribution in [1.29, 1.82) is 0 Å². The van der Waals surface area contributed by atoms with Gasteiger partial charge in [-0.1, -0.05) is 6.07 Å². The smallest absolute Gasteiger partial charge is 0.152 e. The van der Waals surface area contributed by atoms with Crippen LogP contribution in [0.5, 0.6) is 0 Å². The van der Waals surface area contributed by atoms with E-state index in [4.69, 9.17) is 0 Å². The van der Waals surface area contributed by atoms with E-state index in [9.17, 15) is 9.70 Å². The lowest BCUT2D eigenvalue weighted by Crippen LogP contribution is -1.80. The Labute approximate surface area is 71.5 Å². The quantitative estimate of drug-likeness (QED) is 0.561. The van der Waals surface area contributed by atoms with E-state index >= 15 is 0 Å². The van der Waals surface area contributed by atoms with Crippen LogP contribution >= 0.6 is 15.9 Å². The molecule has 0 amide bonds. The molecule has 0 aliphatic rings. The molecule has 0 saturated carbocycles. The maximum Gasteiger partial charge on any atom is 0.152 e. The molecule has 1 aromatic rings. The van der Waals surface area contributed by atoms with Gasteiger partial charge in [0.25, 0.3) is 0 Å². The molecule has 0 N–H and O–H groups in total. The number of hydrogen-bond acceptors (Lipinski definition) is 3. The van der Waals surface area contributed by atoms with E-state index in [1.165, 1.54) is 6.07 Å². The molecule has 0 aliphatic carbocycles. The highest BCUT2D eigenvalue weighted by molar-refractivity contribution is 9.10. The van der Waals surface area contributed by atoms with Gasteiger partial charge in [-0.15, -0.1) is 4.91 Å². The fraction of sp³-hybridized carbons (Fsp3) is 0. The first kappa shape index (κ1) is 8.07. The van der Waals surface area contributed by atoms with E-state index < -0.39 is 0 Å². The van der Waals surface area contributed by atoms with Gasteiger partial charge in [-0.05, 0) is 33.2 Å². The number of aldehydes is 1. The van der Waals surface area contributed by atoms with Crippen molar-refractivity contribution in [3.05, 3.63) is 33.1 Å². The van der Waals surface area contributed by atoms with Crippen LogP contribution in [0.1, 0.15) is 10.4 Å². The van der Waals surface area contributed by atoms with Gasteiger partial charge in [0.2, 0.25) is 0 Å². The molecule has 56 valence electrons. The molecule has 0 aliphatic heterocycles. The Morgan fingerprint density at radius 2 is 2.18 bits per heavy atom. The van der Waals surface area contributed by atoms with Crippen LogP contribution < -0.4 is 0 Å². The van der Waals surface area contributed by atoms with E-state index in [1.54, 1.807) is 12.1 Å². The van der Waals surface area contributed by atoms with Crippen LogP contribution in [0.4, 0.5) is 5.69 Å². The molecule has 0 atom stereocenters. The van der Waals surface area contributed by atoms with E-state index in [0.717, 1.165) is 0 Å². The molecule has 0 saturated heterocycles. The average Bonchev–Trinajstić information content (AvgIpc) is 2.04. The first-order valence-electron chi connectivity index (χ1n) is 2.86. The van der Waals surface area contributed by atoms with Crippen molar-refractivity contribution in [2.24, 2.45) is 5.18 Å². The Bertz CT molecular complexity index is 298. The molecule has 3 nitrogen and oxygen atoms in total. The van der Waals surface area contributed by atoms with Crippen LogP contribution in [0.25, 0.3) is 0 Å². The van der Waals surface area contributed by atoms with Gasteiger partial charge in [0.1, 0.15) is 5.69 Å². The molecule has 0 spiro atoms. The molecule has 0 aromatic heterocycles. The third-order valence-electron chi connectivity index (χ3n) is 1.24. The molecular weight excluding hydrogens is 210 g/mol. The number of halogens is 1. The van der Waals surface area contributed by atoms with Crippen LogP contribution in [-0.4, -0.2) is 6.29 Å². The highest BCUT2D eigenvalue weighted by Crippen LogP contribution is 2.27. The lowest BCUT2D eigenvalue weighted by atomic mass is 10.2. The largest absolute Gasteiger partial charge is 0.298 e. The van der Waals surface area contributed by atoms with Gasteiger partial charge in [-0.25, -0.2) is 0 Å². The Hall–Kier alpha value is -1.03.